The van der Waals surface area contributed by atoms with Crippen molar-refractivity contribution < 1.29 is 19.2 Å². The SMILES string of the molecule is O=C(C1=C[C@@H]2[C@H]3C(=O)N(c4ccccc4)C(=O)[C@H]3[C@@H](C(=O)c3ccc(Cl)cc3)N2C=C1)c1ccccc1. The molecule has 4 atom stereocenters. The average molecular weight is 509 g/mol. The van der Waals surface area contributed by atoms with Crippen LogP contribution in [0.3, 0.4) is 0 Å². The van der Waals surface area contributed by atoms with Crippen LogP contribution in [0.25, 0.3) is 0 Å². The Balaban J connectivity index is 1.43. The summed E-state index contributed by atoms with van der Waals surface area (Å²) in [6.07, 6.45) is 5.05. The summed E-state index contributed by atoms with van der Waals surface area (Å²) in [7, 11) is 0. The van der Waals surface area contributed by atoms with Crippen molar-refractivity contribution in [2.75, 3.05) is 4.90 Å². The van der Waals surface area contributed by atoms with Gasteiger partial charge in [0, 0.05) is 27.9 Å². The number of amides is 2. The number of benzene rings is 3. The van der Waals surface area contributed by atoms with E-state index in [2.05, 4.69) is 0 Å². The maximum atomic E-state index is 13.8. The first-order valence-corrected chi connectivity index (χ1v) is 12.3. The van der Waals surface area contributed by atoms with Crippen molar-refractivity contribution in [1.82, 2.24) is 4.90 Å². The molecule has 0 spiro atoms. The topological polar surface area (TPSA) is 74.8 Å². The number of carbonyl (C=O) groups is 4. The minimum Gasteiger partial charge on any atom is -0.359 e. The number of carbonyl (C=O) groups excluding carboxylic acids is 4. The van der Waals surface area contributed by atoms with Crippen LogP contribution in [-0.4, -0.2) is 40.4 Å². The summed E-state index contributed by atoms with van der Waals surface area (Å²) in [6.45, 7) is 0. The molecule has 0 bridgehead atoms. The van der Waals surface area contributed by atoms with E-state index >= 15 is 0 Å². The van der Waals surface area contributed by atoms with Crippen molar-refractivity contribution in [1.29, 1.82) is 0 Å². The standard InChI is InChI=1S/C30H21ClN2O4/c31-21-13-11-19(12-14-21)28(35)26-25-24(29(36)33(30(25)37)22-9-5-2-6-10-22)23-17-20(15-16-32(23)26)27(34)18-7-3-1-4-8-18/h1-17,23-26H/t23-,24-,25-,26+/m1/s1. The molecule has 3 aliphatic rings. The first-order valence-electron chi connectivity index (χ1n) is 12.0. The fraction of sp³-hybridized carbons (Fsp3) is 0.133. The Morgan fingerprint density at radius 3 is 2.03 bits per heavy atom. The Hall–Kier alpha value is -4.29. The van der Waals surface area contributed by atoms with Gasteiger partial charge in [-0.25, -0.2) is 4.90 Å². The molecule has 3 aromatic carbocycles. The van der Waals surface area contributed by atoms with E-state index in [9.17, 15) is 19.2 Å². The molecule has 0 unspecified atom stereocenters. The van der Waals surface area contributed by atoms with Gasteiger partial charge in [-0.1, -0.05) is 66.2 Å². The average Bonchev–Trinajstić information content (AvgIpc) is 3.40. The van der Waals surface area contributed by atoms with Crippen LogP contribution in [0.1, 0.15) is 20.7 Å². The predicted octanol–water partition coefficient (Wildman–Crippen LogP) is 4.72. The van der Waals surface area contributed by atoms with Crippen LogP contribution < -0.4 is 4.90 Å². The van der Waals surface area contributed by atoms with E-state index in [0.29, 0.717) is 27.4 Å². The van der Waals surface area contributed by atoms with Crippen molar-refractivity contribution in [3.8, 4) is 0 Å². The second-order valence-corrected chi connectivity index (χ2v) is 9.72. The predicted molar refractivity (Wildman–Crippen MR) is 139 cm³/mol. The number of anilines is 1. The first-order chi connectivity index (χ1) is 18.0. The molecule has 0 aliphatic carbocycles. The molecule has 2 fully saturated rings. The lowest BCUT2D eigenvalue weighted by atomic mass is 9.85. The molecule has 7 heteroatoms. The molecule has 0 N–H and O–H groups in total. The number of nitrogens with zero attached hydrogens (tertiary/aromatic N) is 2. The molecule has 0 saturated carbocycles. The summed E-state index contributed by atoms with van der Waals surface area (Å²) < 4.78 is 0. The van der Waals surface area contributed by atoms with Gasteiger partial charge in [0.1, 0.15) is 6.04 Å². The largest absolute Gasteiger partial charge is 0.359 e. The third-order valence-electron chi connectivity index (χ3n) is 7.26. The summed E-state index contributed by atoms with van der Waals surface area (Å²) in [6, 6.07) is 22.6. The second kappa shape index (κ2) is 8.98. The quantitative estimate of drug-likeness (QED) is 0.368. The number of rotatable bonds is 5. The van der Waals surface area contributed by atoms with E-state index in [1.165, 1.54) is 4.90 Å². The molecule has 2 amide bonds. The minimum atomic E-state index is -0.901. The second-order valence-electron chi connectivity index (χ2n) is 9.29. The fourth-order valence-electron chi connectivity index (χ4n) is 5.57. The van der Waals surface area contributed by atoms with Gasteiger partial charge in [-0.15, -0.1) is 0 Å². The number of halogens is 1. The molecule has 37 heavy (non-hydrogen) atoms. The number of imide groups is 1. The Morgan fingerprint density at radius 1 is 0.730 bits per heavy atom. The van der Waals surface area contributed by atoms with Gasteiger partial charge in [-0.3, -0.25) is 19.2 Å². The van der Waals surface area contributed by atoms with Crippen LogP contribution in [0.5, 0.6) is 0 Å². The lowest BCUT2D eigenvalue weighted by molar-refractivity contribution is -0.123. The monoisotopic (exact) mass is 508 g/mol. The summed E-state index contributed by atoms with van der Waals surface area (Å²) in [4.78, 5) is 57.5. The summed E-state index contributed by atoms with van der Waals surface area (Å²) in [5.41, 5.74) is 1.81. The third-order valence-corrected chi connectivity index (χ3v) is 7.51. The van der Waals surface area contributed by atoms with Crippen LogP contribution in [0.2, 0.25) is 5.02 Å². The normalized spacial score (nSPS) is 24.1. The van der Waals surface area contributed by atoms with E-state index in [1.54, 1.807) is 102 Å². The van der Waals surface area contributed by atoms with Crippen molar-refractivity contribution in [2.24, 2.45) is 11.8 Å². The first kappa shape index (κ1) is 23.1. The Morgan fingerprint density at radius 2 is 1.35 bits per heavy atom. The smallest absolute Gasteiger partial charge is 0.240 e. The number of fused-ring (bicyclic) bond motifs is 3. The van der Waals surface area contributed by atoms with Crippen molar-refractivity contribution >= 4 is 40.7 Å². The van der Waals surface area contributed by atoms with Crippen LogP contribution in [0, 0.1) is 11.8 Å². The number of hydrogen-bond donors (Lipinski definition) is 0. The van der Waals surface area contributed by atoms with E-state index in [4.69, 9.17) is 11.6 Å². The highest BCUT2D eigenvalue weighted by molar-refractivity contribution is 6.30. The van der Waals surface area contributed by atoms with Gasteiger partial charge >= 0.3 is 0 Å². The highest BCUT2D eigenvalue weighted by Gasteiger charge is 2.63. The van der Waals surface area contributed by atoms with E-state index in [-0.39, 0.29) is 17.5 Å². The maximum Gasteiger partial charge on any atom is 0.240 e. The minimum absolute atomic E-state index is 0.183. The summed E-state index contributed by atoms with van der Waals surface area (Å²) in [5, 5.41) is 0.492. The molecule has 2 saturated heterocycles. The lowest BCUT2D eigenvalue weighted by Gasteiger charge is -2.32. The third kappa shape index (κ3) is 3.72. The van der Waals surface area contributed by atoms with Crippen molar-refractivity contribution in [3.63, 3.8) is 0 Å². The molecule has 3 heterocycles. The van der Waals surface area contributed by atoms with E-state index < -0.39 is 29.8 Å². The molecule has 6 nitrogen and oxygen atoms in total. The van der Waals surface area contributed by atoms with E-state index in [1.807, 2.05) is 6.07 Å². The molecule has 0 aromatic heterocycles. The van der Waals surface area contributed by atoms with Gasteiger partial charge in [0.2, 0.25) is 11.8 Å². The van der Waals surface area contributed by atoms with Crippen LogP contribution in [0.4, 0.5) is 5.69 Å². The summed E-state index contributed by atoms with van der Waals surface area (Å²) >= 11 is 6.02. The van der Waals surface area contributed by atoms with Gasteiger partial charge in [-0.2, -0.15) is 0 Å². The fourth-order valence-corrected chi connectivity index (χ4v) is 5.70. The molecule has 3 aromatic rings. The van der Waals surface area contributed by atoms with Gasteiger partial charge < -0.3 is 4.90 Å². The lowest BCUT2D eigenvalue weighted by Crippen LogP contribution is -2.46. The van der Waals surface area contributed by atoms with Crippen LogP contribution in [0.15, 0.2) is 109 Å². The Labute approximate surface area is 218 Å². The van der Waals surface area contributed by atoms with Crippen molar-refractivity contribution in [2.45, 2.75) is 12.1 Å². The van der Waals surface area contributed by atoms with Crippen molar-refractivity contribution in [3.05, 3.63) is 125 Å². The molecule has 3 aliphatic heterocycles. The number of allylic oxidation sites excluding steroid dienone is 2. The Bertz CT molecular complexity index is 1480. The summed E-state index contributed by atoms with van der Waals surface area (Å²) in [5.74, 6) is -2.95. The number of Topliss-reactive ketones (excluding diaryl/α,β-unsaturated/α-hetero) is 2. The van der Waals surface area contributed by atoms with Gasteiger partial charge in [0.15, 0.2) is 11.6 Å². The van der Waals surface area contributed by atoms with Gasteiger partial charge in [0.25, 0.3) is 0 Å². The molecule has 182 valence electrons. The Kier molecular flexibility index (Phi) is 5.61. The maximum absolute atomic E-state index is 13.8. The van der Waals surface area contributed by atoms with Gasteiger partial charge in [-0.05, 0) is 42.5 Å². The molecule has 0 radical (unpaired) electrons. The van der Waals surface area contributed by atoms with Gasteiger partial charge in [0.05, 0.1) is 23.6 Å². The number of para-hydroxylation sites is 1. The number of ketones is 2. The molecular weight excluding hydrogens is 488 g/mol. The highest BCUT2D eigenvalue weighted by Crippen LogP contribution is 2.47. The van der Waals surface area contributed by atoms with Crippen LogP contribution in [-0.2, 0) is 9.59 Å². The zero-order chi connectivity index (χ0) is 25.7. The van der Waals surface area contributed by atoms with E-state index in [0.717, 1.165) is 0 Å². The zero-order valence-electron chi connectivity index (χ0n) is 19.5. The molecule has 6 rings (SSSR count). The number of hydrogen-bond acceptors (Lipinski definition) is 5. The zero-order valence-corrected chi connectivity index (χ0v) is 20.3. The molecular formula is C30H21ClN2O4. The van der Waals surface area contributed by atoms with Crippen LogP contribution >= 0.6 is 11.6 Å². The highest BCUT2D eigenvalue weighted by atomic mass is 35.5.